The first-order chi connectivity index (χ1) is 8.58. The maximum atomic E-state index is 8.73. The molecule has 0 aliphatic rings. The van der Waals surface area contributed by atoms with Gasteiger partial charge in [-0.3, -0.25) is 0 Å². The number of anilines is 1. The molecule has 4 nitrogen and oxygen atoms in total. The molecule has 0 heterocycles. The van der Waals surface area contributed by atoms with Crippen LogP contribution in [0.1, 0.15) is 13.8 Å². The van der Waals surface area contributed by atoms with Crippen molar-refractivity contribution in [3.8, 4) is 17.2 Å². The number of rotatable bonds is 0. The fourth-order valence-electron chi connectivity index (χ4n) is 1.02. The monoisotopic (exact) mass is 249 g/mol. The average Bonchev–Trinajstić information content (AvgIpc) is 2.31. The molecule has 2 rings (SSSR count). The minimum Gasteiger partial charge on any atom is -0.508 e. The maximum Gasteiger partial charge on any atom is 0.119 e. The van der Waals surface area contributed by atoms with Crippen molar-refractivity contribution >= 4 is 5.69 Å². The number of hydrogen-bond donors (Lipinski definition) is 4. The highest BCUT2D eigenvalue weighted by Crippen LogP contribution is 2.14. The number of phenolic OH excluding ortho intramolecular Hbond substituents is 3. The predicted octanol–water partition coefficient (Wildman–Crippen LogP) is 3.10. The van der Waals surface area contributed by atoms with E-state index in [1.807, 2.05) is 13.8 Å². The fourth-order valence-corrected chi connectivity index (χ4v) is 1.02. The number of hydrogen-bond acceptors (Lipinski definition) is 4. The molecule has 18 heavy (non-hydrogen) atoms. The van der Waals surface area contributed by atoms with Crippen LogP contribution in [0.3, 0.4) is 0 Å². The summed E-state index contributed by atoms with van der Waals surface area (Å²) in [5.41, 5.74) is 5.89. The second-order valence-corrected chi connectivity index (χ2v) is 3.11. The van der Waals surface area contributed by atoms with E-state index < -0.39 is 0 Å². The van der Waals surface area contributed by atoms with Crippen LogP contribution in [-0.4, -0.2) is 15.3 Å². The highest BCUT2D eigenvalue weighted by Gasteiger charge is 1.85. The van der Waals surface area contributed by atoms with Gasteiger partial charge in [0.2, 0.25) is 0 Å². The first kappa shape index (κ1) is 15.6. The molecule has 0 saturated carbocycles. The van der Waals surface area contributed by atoms with Gasteiger partial charge in [0.05, 0.1) is 0 Å². The van der Waals surface area contributed by atoms with Crippen molar-refractivity contribution in [3.05, 3.63) is 48.5 Å². The molecule has 0 unspecified atom stereocenters. The van der Waals surface area contributed by atoms with Gasteiger partial charge in [0.15, 0.2) is 0 Å². The summed E-state index contributed by atoms with van der Waals surface area (Å²) in [5.74, 6) is 0.389. The molecule has 4 heteroatoms. The van der Waals surface area contributed by atoms with E-state index in [4.69, 9.17) is 21.1 Å². The Hall–Kier alpha value is -2.36. The van der Waals surface area contributed by atoms with Crippen LogP contribution >= 0.6 is 0 Å². The zero-order chi connectivity index (χ0) is 14.0. The van der Waals surface area contributed by atoms with Crippen molar-refractivity contribution in [3.63, 3.8) is 0 Å². The largest absolute Gasteiger partial charge is 0.508 e. The average molecular weight is 249 g/mol. The second kappa shape index (κ2) is 8.75. The Bertz CT molecular complexity index is 380. The third kappa shape index (κ3) is 7.00. The Morgan fingerprint density at radius 1 is 0.722 bits per heavy atom. The zero-order valence-electron chi connectivity index (χ0n) is 10.5. The van der Waals surface area contributed by atoms with Gasteiger partial charge in [-0.25, -0.2) is 0 Å². The molecule has 98 valence electrons. The van der Waals surface area contributed by atoms with E-state index in [1.54, 1.807) is 24.3 Å². The Balaban J connectivity index is 0.000000283. The molecule has 5 N–H and O–H groups in total. The van der Waals surface area contributed by atoms with Crippen LogP contribution in [0.4, 0.5) is 5.69 Å². The maximum absolute atomic E-state index is 8.73. The number of aromatic hydroxyl groups is 3. The lowest BCUT2D eigenvalue weighted by Crippen LogP contribution is -1.80. The first-order valence-electron chi connectivity index (χ1n) is 5.60. The molecule has 0 bridgehead atoms. The van der Waals surface area contributed by atoms with Crippen molar-refractivity contribution in [2.75, 3.05) is 5.73 Å². The summed E-state index contributed by atoms with van der Waals surface area (Å²) in [6.45, 7) is 4.00. The van der Waals surface area contributed by atoms with Gasteiger partial charge in [0.1, 0.15) is 17.2 Å². The van der Waals surface area contributed by atoms with Gasteiger partial charge >= 0.3 is 0 Å². The van der Waals surface area contributed by atoms with E-state index in [1.165, 1.54) is 24.3 Å². The highest BCUT2D eigenvalue weighted by molar-refractivity contribution is 5.42. The van der Waals surface area contributed by atoms with Crippen LogP contribution < -0.4 is 5.73 Å². The van der Waals surface area contributed by atoms with Crippen LogP contribution in [0.25, 0.3) is 0 Å². The van der Waals surface area contributed by atoms with Gasteiger partial charge in [-0.05, 0) is 24.3 Å². The summed E-state index contributed by atoms with van der Waals surface area (Å²) in [6, 6.07) is 12.4. The summed E-state index contributed by atoms with van der Waals surface area (Å²) in [5, 5.41) is 26.0. The number of phenols is 3. The molecule has 2 aromatic carbocycles. The molecule has 2 aromatic rings. The zero-order valence-corrected chi connectivity index (χ0v) is 10.5. The normalized spacial score (nSPS) is 8.33. The quantitative estimate of drug-likeness (QED) is 0.540. The molecular formula is C14H19NO3. The third-order valence-corrected chi connectivity index (χ3v) is 1.70. The van der Waals surface area contributed by atoms with E-state index >= 15 is 0 Å². The second-order valence-electron chi connectivity index (χ2n) is 3.11. The summed E-state index contributed by atoms with van der Waals surface area (Å²) in [7, 11) is 0. The lowest BCUT2D eigenvalue weighted by atomic mass is 10.3. The molecular weight excluding hydrogens is 230 g/mol. The Kier molecular flexibility index (Phi) is 7.61. The van der Waals surface area contributed by atoms with Gasteiger partial charge in [-0.1, -0.05) is 26.0 Å². The smallest absolute Gasteiger partial charge is 0.119 e. The summed E-state index contributed by atoms with van der Waals surface area (Å²) in [6.07, 6.45) is 0. The Morgan fingerprint density at radius 3 is 1.33 bits per heavy atom. The minimum absolute atomic E-state index is 0.0880. The highest BCUT2D eigenvalue weighted by atomic mass is 16.3. The van der Waals surface area contributed by atoms with Gasteiger partial charge in [0.25, 0.3) is 0 Å². The predicted molar refractivity (Wildman–Crippen MR) is 73.6 cm³/mol. The minimum atomic E-state index is 0.0880. The van der Waals surface area contributed by atoms with Crippen LogP contribution in [0.15, 0.2) is 48.5 Å². The molecule has 0 fully saturated rings. The molecule has 0 radical (unpaired) electrons. The van der Waals surface area contributed by atoms with Crippen molar-refractivity contribution < 1.29 is 15.3 Å². The Labute approximate surface area is 107 Å². The number of nitrogen functional groups attached to an aromatic ring is 1. The Morgan fingerprint density at radius 2 is 1.11 bits per heavy atom. The fraction of sp³-hybridized carbons (Fsp3) is 0.143. The van der Waals surface area contributed by atoms with Crippen LogP contribution in [0, 0.1) is 0 Å². The van der Waals surface area contributed by atoms with Gasteiger partial charge in [-0.15, -0.1) is 0 Å². The SMILES string of the molecule is CC.Nc1cccc(O)c1.Oc1cccc(O)c1. The van der Waals surface area contributed by atoms with E-state index in [-0.39, 0.29) is 17.2 Å². The summed E-state index contributed by atoms with van der Waals surface area (Å²) < 4.78 is 0. The third-order valence-electron chi connectivity index (χ3n) is 1.70. The molecule has 0 saturated heterocycles. The number of nitrogens with two attached hydrogens (primary N) is 1. The van der Waals surface area contributed by atoms with Crippen LogP contribution in [0.5, 0.6) is 17.2 Å². The molecule has 0 aliphatic carbocycles. The van der Waals surface area contributed by atoms with Crippen molar-refractivity contribution in [2.24, 2.45) is 0 Å². The van der Waals surface area contributed by atoms with Crippen molar-refractivity contribution in [2.45, 2.75) is 13.8 Å². The van der Waals surface area contributed by atoms with Crippen LogP contribution in [0.2, 0.25) is 0 Å². The van der Waals surface area contributed by atoms with E-state index in [2.05, 4.69) is 0 Å². The topological polar surface area (TPSA) is 86.7 Å². The standard InChI is InChI=1S/C6H7NO.C6H6O2.C2H6/c2*7-5-2-1-3-6(8)4-5;1-2/h1-4,8H,7H2;1-4,7-8H;1-2H3. The molecule has 0 spiro atoms. The van der Waals surface area contributed by atoms with E-state index in [0.717, 1.165) is 0 Å². The molecule has 0 atom stereocenters. The van der Waals surface area contributed by atoms with Gasteiger partial charge < -0.3 is 21.1 Å². The number of benzene rings is 2. The van der Waals surface area contributed by atoms with Gasteiger partial charge in [0, 0.05) is 17.8 Å². The molecule has 0 amide bonds. The van der Waals surface area contributed by atoms with Crippen molar-refractivity contribution in [1.82, 2.24) is 0 Å². The lowest BCUT2D eigenvalue weighted by Gasteiger charge is -1.90. The summed E-state index contributed by atoms with van der Waals surface area (Å²) in [4.78, 5) is 0. The van der Waals surface area contributed by atoms with E-state index in [0.29, 0.717) is 5.69 Å². The van der Waals surface area contributed by atoms with Gasteiger partial charge in [-0.2, -0.15) is 0 Å². The molecule has 0 aliphatic heterocycles. The van der Waals surface area contributed by atoms with Crippen molar-refractivity contribution in [1.29, 1.82) is 0 Å². The summed E-state index contributed by atoms with van der Waals surface area (Å²) >= 11 is 0. The lowest BCUT2D eigenvalue weighted by molar-refractivity contribution is 0.450. The molecule has 0 aromatic heterocycles. The first-order valence-corrected chi connectivity index (χ1v) is 5.60. The van der Waals surface area contributed by atoms with Crippen LogP contribution in [-0.2, 0) is 0 Å². The van der Waals surface area contributed by atoms with E-state index in [9.17, 15) is 0 Å².